The number of carbonyl (C=O) groups is 3. The normalized spacial score (nSPS) is 10.8. The Labute approximate surface area is 160 Å². The second-order valence-electron chi connectivity index (χ2n) is 5.44. The molecule has 0 bridgehead atoms. The molecular formula is C18H17ClN2O6. The molecule has 142 valence electrons. The van der Waals surface area contributed by atoms with Gasteiger partial charge in [-0.25, -0.2) is 9.97 Å². The number of aromatic nitrogens is 2. The summed E-state index contributed by atoms with van der Waals surface area (Å²) < 4.78 is 14.6. The van der Waals surface area contributed by atoms with Gasteiger partial charge in [0.25, 0.3) is 0 Å². The number of benzene rings is 1. The van der Waals surface area contributed by atoms with Crippen LogP contribution in [0.1, 0.15) is 22.5 Å². The van der Waals surface area contributed by atoms with E-state index in [2.05, 4.69) is 9.97 Å². The number of carbonyl (C=O) groups excluding carboxylic acids is 3. The number of Topliss-reactive ketones (excluding diaryl/α,β-unsaturated/α-hetero) is 1. The van der Waals surface area contributed by atoms with E-state index in [4.69, 9.17) is 25.8 Å². The number of halogens is 1. The van der Waals surface area contributed by atoms with Gasteiger partial charge < -0.3 is 14.2 Å². The molecule has 0 aliphatic carbocycles. The average molecular weight is 393 g/mol. The van der Waals surface area contributed by atoms with Crippen molar-refractivity contribution in [3.05, 3.63) is 52.9 Å². The van der Waals surface area contributed by atoms with Crippen molar-refractivity contribution in [2.24, 2.45) is 0 Å². The van der Waals surface area contributed by atoms with Gasteiger partial charge in [-0.1, -0.05) is 11.6 Å². The van der Waals surface area contributed by atoms with Crippen molar-refractivity contribution in [1.29, 1.82) is 0 Å². The highest BCUT2D eigenvalue weighted by Gasteiger charge is 2.53. The van der Waals surface area contributed by atoms with Crippen LogP contribution in [0.4, 0.5) is 0 Å². The van der Waals surface area contributed by atoms with Crippen LogP contribution in [0.3, 0.4) is 0 Å². The third-order valence-electron chi connectivity index (χ3n) is 3.95. The van der Waals surface area contributed by atoms with Crippen LogP contribution in [0, 0.1) is 0 Å². The van der Waals surface area contributed by atoms with Gasteiger partial charge in [-0.05, 0) is 24.3 Å². The van der Waals surface area contributed by atoms with Crippen molar-refractivity contribution in [2.45, 2.75) is 11.8 Å². The molecule has 0 saturated carbocycles. The number of hydrogen-bond acceptors (Lipinski definition) is 8. The van der Waals surface area contributed by atoms with Crippen molar-refractivity contribution >= 4 is 29.3 Å². The number of hydrogen-bond donors (Lipinski definition) is 0. The lowest BCUT2D eigenvalue weighted by atomic mass is 9.78. The highest BCUT2D eigenvalue weighted by molar-refractivity contribution is 6.30. The lowest BCUT2D eigenvalue weighted by Crippen LogP contribution is -2.47. The second kappa shape index (κ2) is 8.59. The topological polar surface area (TPSA) is 105 Å². The summed E-state index contributed by atoms with van der Waals surface area (Å²) in [6.07, 6.45) is 0.551. The fourth-order valence-electron chi connectivity index (χ4n) is 2.54. The van der Waals surface area contributed by atoms with Crippen LogP contribution in [0.5, 0.6) is 5.88 Å². The number of nitrogens with zero attached hydrogens (tertiary/aromatic N) is 2. The Balaban J connectivity index is 2.60. The number of methoxy groups -OCH3 is 3. The quantitative estimate of drug-likeness (QED) is 0.400. The third-order valence-corrected chi connectivity index (χ3v) is 4.20. The summed E-state index contributed by atoms with van der Waals surface area (Å²) in [4.78, 5) is 46.0. The Morgan fingerprint density at radius 2 is 1.59 bits per heavy atom. The van der Waals surface area contributed by atoms with Gasteiger partial charge in [-0.3, -0.25) is 14.4 Å². The molecule has 27 heavy (non-hydrogen) atoms. The molecular weight excluding hydrogens is 376 g/mol. The molecule has 1 heterocycles. The summed E-state index contributed by atoms with van der Waals surface area (Å²) in [5, 5.41) is 0.444. The summed E-state index contributed by atoms with van der Waals surface area (Å²) >= 11 is 5.83. The van der Waals surface area contributed by atoms with E-state index in [1.165, 1.54) is 37.4 Å². The maximum Gasteiger partial charge on any atom is 0.329 e. The van der Waals surface area contributed by atoms with Gasteiger partial charge in [0.05, 0.1) is 27.0 Å². The van der Waals surface area contributed by atoms with Crippen molar-refractivity contribution in [3.63, 3.8) is 0 Å². The van der Waals surface area contributed by atoms with E-state index in [0.717, 1.165) is 20.5 Å². The van der Waals surface area contributed by atoms with E-state index in [1.807, 2.05) is 0 Å². The largest absolute Gasteiger partial charge is 0.481 e. The third kappa shape index (κ3) is 4.06. The lowest BCUT2D eigenvalue weighted by molar-refractivity contribution is -0.162. The zero-order valence-electron chi connectivity index (χ0n) is 14.9. The molecule has 0 amide bonds. The molecule has 1 aromatic heterocycles. The van der Waals surface area contributed by atoms with Crippen LogP contribution < -0.4 is 4.74 Å². The molecule has 0 aliphatic rings. The molecule has 1 aromatic carbocycles. The number of ether oxygens (including phenoxy) is 3. The van der Waals surface area contributed by atoms with Crippen molar-refractivity contribution in [3.8, 4) is 5.88 Å². The fraction of sp³-hybridized carbons (Fsp3) is 0.278. The first-order valence-electron chi connectivity index (χ1n) is 7.71. The maximum absolute atomic E-state index is 12.8. The predicted molar refractivity (Wildman–Crippen MR) is 94.7 cm³/mol. The lowest BCUT2D eigenvalue weighted by Gasteiger charge is -2.27. The van der Waals surface area contributed by atoms with Gasteiger partial charge in [0.15, 0.2) is 5.78 Å². The highest BCUT2D eigenvalue weighted by atomic mass is 35.5. The van der Waals surface area contributed by atoms with Gasteiger partial charge in [-0.2, -0.15) is 0 Å². The Bertz CT molecular complexity index is 837. The Morgan fingerprint density at radius 3 is 2.11 bits per heavy atom. The Hall–Kier alpha value is -3.00. The van der Waals surface area contributed by atoms with E-state index >= 15 is 0 Å². The first-order valence-corrected chi connectivity index (χ1v) is 8.09. The molecule has 0 unspecified atom stereocenters. The first-order chi connectivity index (χ1) is 12.9. The smallest absolute Gasteiger partial charge is 0.329 e. The van der Waals surface area contributed by atoms with E-state index in [-0.39, 0.29) is 17.1 Å². The summed E-state index contributed by atoms with van der Waals surface area (Å²) in [6, 6.07) is 7.32. The van der Waals surface area contributed by atoms with Gasteiger partial charge in [0.2, 0.25) is 11.3 Å². The van der Waals surface area contributed by atoms with E-state index in [9.17, 15) is 14.4 Å². The zero-order chi connectivity index (χ0) is 20.0. The first kappa shape index (κ1) is 20.3. The zero-order valence-corrected chi connectivity index (χ0v) is 15.6. The monoisotopic (exact) mass is 392 g/mol. The minimum atomic E-state index is -2.11. The van der Waals surface area contributed by atoms with Crippen LogP contribution in [0.2, 0.25) is 5.02 Å². The number of ketones is 1. The maximum atomic E-state index is 12.8. The predicted octanol–water partition coefficient (Wildman–Crippen LogP) is 2.00. The Kier molecular flexibility index (Phi) is 6.46. The van der Waals surface area contributed by atoms with Gasteiger partial charge in [0, 0.05) is 23.1 Å². The minimum absolute atomic E-state index is 0.0737. The molecule has 0 spiro atoms. The van der Waals surface area contributed by atoms with Crippen molar-refractivity contribution < 1.29 is 28.6 Å². The van der Waals surface area contributed by atoms with Crippen LogP contribution >= 0.6 is 11.6 Å². The van der Waals surface area contributed by atoms with E-state index in [0.29, 0.717) is 5.02 Å². The Morgan fingerprint density at radius 1 is 1.00 bits per heavy atom. The van der Waals surface area contributed by atoms with Crippen LogP contribution in [0.15, 0.2) is 36.7 Å². The SMILES string of the molecule is COC(=O)C(CC(=O)c1ccc(Cl)cc1)(C(=O)OC)c1cc(OC)ncn1. The van der Waals surface area contributed by atoms with Crippen LogP contribution in [-0.4, -0.2) is 49.0 Å². The van der Waals surface area contributed by atoms with Gasteiger partial charge in [0.1, 0.15) is 6.33 Å². The van der Waals surface area contributed by atoms with Gasteiger partial charge >= 0.3 is 11.9 Å². The fourth-order valence-corrected chi connectivity index (χ4v) is 2.66. The summed E-state index contributed by atoms with van der Waals surface area (Å²) in [7, 11) is 3.57. The van der Waals surface area contributed by atoms with Crippen molar-refractivity contribution in [1.82, 2.24) is 9.97 Å². The van der Waals surface area contributed by atoms with E-state index in [1.54, 1.807) is 0 Å². The second-order valence-corrected chi connectivity index (χ2v) is 5.88. The standard InChI is InChI=1S/C18H17ClN2O6/c1-25-15-8-14(20-10-21-15)18(16(23)26-2,17(24)27-3)9-13(22)11-4-6-12(19)7-5-11/h4-8,10H,9H2,1-3H3. The van der Waals surface area contributed by atoms with Crippen LogP contribution in [-0.2, 0) is 24.5 Å². The van der Waals surface area contributed by atoms with Gasteiger partial charge in [-0.15, -0.1) is 0 Å². The molecule has 0 aliphatic heterocycles. The molecule has 0 fully saturated rings. The highest BCUT2D eigenvalue weighted by Crippen LogP contribution is 2.33. The minimum Gasteiger partial charge on any atom is -0.481 e. The molecule has 0 N–H and O–H groups in total. The molecule has 0 saturated heterocycles. The molecule has 0 radical (unpaired) electrons. The summed E-state index contributed by atoms with van der Waals surface area (Å²) in [6.45, 7) is 0. The molecule has 0 atom stereocenters. The van der Waals surface area contributed by atoms with Crippen molar-refractivity contribution in [2.75, 3.05) is 21.3 Å². The van der Waals surface area contributed by atoms with E-state index < -0.39 is 29.6 Å². The summed E-state index contributed by atoms with van der Waals surface area (Å²) in [5.41, 5.74) is -1.93. The number of esters is 2. The average Bonchev–Trinajstić information content (AvgIpc) is 2.71. The number of rotatable bonds is 7. The summed E-state index contributed by atoms with van der Waals surface area (Å²) in [5.74, 6) is -2.37. The molecule has 8 nitrogen and oxygen atoms in total. The van der Waals surface area contributed by atoms with Crippen LogP contribution in [0.25, 0.3) is 0 Å². The molecule has 2 aromatic rings. The molecule has 2 rings (SSSR count). The molecule has 9 heteroatoms.